The molecule has 0 aromatic carbocycles. The van der Waals surface area contributed by atoms with E-state index in [4.69, 9.17) is 10.5 Å². The van der Waals surface area contributed by atoms with Crippen LogP contribution in [0.3, 0.4) is 0 Å². The first-order chi connectivity index (χ1) is 10.0. The zero-order chi connectivity index (χ0) is 15.5. The standard InChI is InChI=1S/C17H29N3O/c1-5-13-14(11-18)16(20-19-15(13)6-2)21-12-7-9-17(3,4)10-8-12/h12H,5-11,18H2,1-4H3. The molecule has 0 bridgehead atoms. The molecule has 0 saturated heterocycles. The second-order valence-corrected chi connectivity index (χ2v) is 6.80. The first kappa shape index (κ1) is 16.2. The lowest BCUT2D eigenvalue weighted by Crippen LogP contribution is -2.29. The monoisotopic (exact) mass is 291 g/mol. The van der Waals surface area contributed by atoms with E-state index in [1.165, 1.54) is 18.4 Å². The van der Waals surface area contributed by atoms with Crippen molar-refractivity contribution in [1.29, 1.82) is 0 Å². The Kier molecular flexibility index (Phi) is 5.20. The molecule has 1 fully saturated rings. The van der Waals surface area contributed by atoms with Gasteiger partial charge in [-0.1, -0.05) is 27.7 Å². The van der Waals surface area contributed by atoms with Crippen molar-refractivity contribution in [3.05, 3.63) is 16.8 Å². The summed E-state index contributed by atoms with van der Waals surface area (Å²) >= 11 is 0. The highest BCUT2D eigenvalue weighted by Gasteiger charge is 2.29. The third kappa shape index (κ3) is 3.73. The van der Waals surface area contributed by atoms with Gasteiger partial charge in [0.1, 0.15) is 6.10 Å². The number of nitrogens with two attached hydrogens (primary N) is 1. The van der Waals surface area contributed by atoms with Gasteiger partial charge in [0, 0.05) is 12.1 Å². The fraction of sp³-hybridized carbons (Fsp3) is 0.765. The molecule has 0 unspecified atom stereocenters. The van der Waals surface area contributed by atoms with Gasteiger partial charge in [0.05, 0.1) is 5.69 Å². The Morgan fingerprint density at radius 2 is 1.76 bits per heavy atom. The summed E-state index contributed by atoms with van der Waals surface area (Å²) in [5, 5.41) is 8.65. The summed E-state index contributed by atoms with van der Waals surface area (Å²) in [7, 11) is 0. The molecule has 1 saturated carbocycles. The van der Waals surface area contributed by atoms with E-state index in [0.29, 0.717) is 17.8 Å². The van der Waals surface area contributed by atoms with E-state index < -0.39 is 0 Å². The molecule has 1 aliphatic rings. The average Bonchev–Trinajstić information content (AvgIpc) is 2.48. The molecule has 21 heavy (non-hydrogen) atoms. The molecule has 1 aromatic heterocycles. The SMILES string of the molecule is CCc1nnc(OC2CCC(C)(C)CC2)c(CN)c1CC. The van der Waals surface area contributed by atoms with Crippen LogP contribution in [-0.2, 0) is 19.4 Å². The fourth-order valence-electron chi connectivity index (χ4n) is 3.18. The minimum absolute atomic E-state index is 0.259. The van der Waals surface area contributed by atoms with Crippen LogP contribution in [0.4, 0.5) is 0 Å². The van der Waals surface area contributed by atoms with Crippen molar-refractivity contribution in [2.75, 3.05) is 0 Å². The minimum atomic E-state index is 0.259. The van der Waals surface area contributed by atoms with Gasteiger partial charge in [-0.15, -0.1) is 5.10 Å². The van der Waals surface area contributed by atoms with Gasteiger partial charge in [0.25, 0.3) is 0 Å². The third-order valence-electron chi connectivity index (χ3n) is 4.69. The molecule has 1 aromatic rings. The molecule has 0 amide bonds. The molecule has 0 radical (unpaired) electrons. The highest BCUT2D eigenvalue weighted by atomic mass is 16.5. The van der Waals surface area contributed by atoms with Gasteiger partial charge in [-0.25, -0.2) is 0 Å². The highest BCUT2D eigenvalue weighted by Crippen LogP contribution is 2.37. The molecule has 0 atom stereocenters. The highest BCUT2D eigenvalue weighted by molar-refractivity contribution is 5.37. The van der Waals surface area contributed by atoms with E-state index in [-0.39, 0.29) is 6.10 Å². The molecule has 2 rings (SSSR count). The van der Waals surface area contributed by atoms with E-state index in [0.717, 1.165) is 36.9 Å². The molecular formula is C17H29N3O. The lowest BCUT2D eigenvalue weighted by molar-refractivity contribution is 0.0929. The maximum absolute atomic E-state index is 6.16. The third-order valence-corrected chi connectivity index (χ3v) is 4.69. The number of nitrogens with zero attached hydrogens (tertiary/aromatic N) is 2. The van der Waals surface area contributed by atoms with E-state index in [9.17, 15) is 0 Å². The lowest BCUT2D eigenvalue weighted by Gasteiger charge is -2.34. The van der Waals surface area contributed by atoms with Crippen molar-refractivity contribution in [1.82, 2.24) is 10.2 Å². The summed E-state index contributed by atoms with van der Waals surface area (Å²) in [6.45, 7) is 9.38. The average molecular weight is 291 g/mol. The van der Waals surface area contributed by atoms with Crippen molar-refractivity contribution >= 4 is 0 Å². The maximum Gasteiger partial charge on any atom is 0.238 e. The first-order valence-electron chi connectivity index (χ1n) is 8.24. The summed E-state index contributed by atoms with van der Waals surface area (Å²) in [6.07, 6.45) is 6.67. The Labute approximate surface area is 128 Å². The normalized spacial score (nSPS) is 18.7. The summed E-state index contributed by atoms with van der Waals surface area (Å²) in [6, 6.07) is 0. The first-order valence-corrected chi connectivity index (χ1v) is 8.24. The quantitative estimate of drug-likeness (QED) is 0.903. The van der Waals surface area contributed by atoms with E-state index in [2.05, 4.69) is 37.9 Å². The number of rotatable bonds is 5. The van der Waals surface area contributed by atoms with Crippen LogP contribution >= 0.6 is 0 Å². The van der Waals surface area contributed by atoms with Crippen molar-refractivity contribution in [2.24, 2.45) is 11.1 Å². The van der Waals surface area contributed by atoms with Crippen LogP contribution in [0, 0.1) is 5.41 Å². The van der Waals surface area contributed by atoms with Gasteiger partial charge in [0.2, 0.25) is 5.88 Å². The Morgan fingerprint density at radius 1 is 1.10 bits per heavy atom. The minimum Gasteiger partial charge on any atom is -0.473 e. The maximum atomic E-state index is 6.16. The number of aryl methyl sites for hydroxylation is 1. The topological polar surface area (TPSA) is 61.0 Å². The van der Waals surface area contributed by atoms with E-state index >= 15 is 0 Å². The summed E-state index contributed by atoms with van der Waals surface area (Å²) in [4.78, 5) is 0. The predicted octanol–water partition coefficient (Wildman–Crippen LogP) is 3.41. The van der Waals surface area contributed by atoms with Crippen LogP contribution < -0.4 is 10.5 Å². The largest absolute Gasteiger partial charge is 0.473 e. The smallest absolute Gasteiger partial charge is 0.238 e. The molecule has 0 aliphatic heterocycles. The van der Waals surface area contributed by atoms with Gasteiger partial charge in [-0.3, -0.25) is 0 Å². The number of ether oxygens (including phenoxy) is 1. The fourth-order valence-corrected chi connectivity index (χ4v) is 3.18. The molecule has 0 spiro atoms. The van der Waals surface area contributed by atoms with Crippen molar-refractivity contribution < 1.29 is 4.74 Å². The zero-order valence-corrected chi connectivity index (χ0v) is 13.9. The molecule has 2 N–H and O–H groups in total. The molecule has 4 heteroatoms. The van der Waals surface area contributed by atoms with Gasteiger partial charge in [-0.05, 0) is 49.5 Å². The lowest BCUT2D eigenvalue weighted by atomic mass is 9.76. The van der Waals surface area contributed by atoms with Crippen LogP contribution in [0.2, 0.25) is 0 Å². The van der Waals surface area contributed by atoms with E-state index in [1.54, 1.807) is 0 Å². The van der Waals surface area contributed by atoms with Gasteiger partial charge >= 0.3 is 0 Å². The second kappa shape index (κ2) is 6.73. The van der Waals surface area contributed by atoms with E-state index in [1.807, 2.05) is 0 Å². The Balaban J connectivity index is 2.17. The Bertz CT molecular complexity index is 475. The van der Waals surface area contributed by atoms with Crippen molar-refractivity contribution in [3.63, 3.8) is 0 Å². The molecule has 1 heterocycles. The Hall–Kier alpha value is -1.16. The molecule has 118 valence electrons. The number of hydrogen-bond acceptors (Lipinski definition) is 4. The second-order valence-electron chi connectivity index (χ2n) is 6.80. The van der Waals surface area contributed by atoms with Crippen LogP contribution in [0.15, 0.2) is 0 Å². The predicted molar refractivity (Wildman–Crippen MR) is 85.3 cm³/mol. The van der Waals surface area contributed by atoms with Crippen LogP contribution in [0.1, 0.15) is 70.2 Å². The summed E-state index contributed by atoms with van der Waals surface area (Å²) in [5.74, 6) is 0.663. The van der Waals surface area contributed by atoms with Crippen LogP contribution in [-0.4, -0.2) is 16.3 Å². The van der Waals surface area contributed by atoms with Gasteiger partial charge < -0.3 is 10.5 Å². The number of aromatic nitrogens is 2. The number of hydrogen-bond donors (Lipinski definition) is 1. The molecule has 4 nitrogen and oxygen atoms in total. The molecular weight excluding hydrogens is 262 g/mol. The van der Waals surface area contributed by atoms with Crippen molar-refractivity contribution in [2.45, 2.75) is 78.9 Å². The zero-order valence-electron chi connectivity index (χ0n) is 13.9. The molecule has 1 aliphatic carbocycles. The van der Waals surface area contributed by atoms with Gasteiger partial charge in [0.15, 0.2) is 0 Å². The van der Waals surface area contributed by atoms with Crippen LogP contribution in [0.5, 0.6) is 5.88 Å². The Morgan fingerprint density at radius 3 is 2.29 bits per heavy atom. The summed E-state index contributed by atoms with van der Waals surface area (Å²) in [5.41, 5.74) is 9.72. The van der Waals surface area contributed by atoms with Crippen LogP contribution in [0.25, 0.3) is 0 Å². The van der Waals surface area contributed by atoms with Crippen molar-refractivity contribution in [3.8, 4) is 5.88 Å². The summed E-state index contributed by atoms with van der Waals surface area (Å²) < 4.78 is 6.16. The van der Waals surface area contributed by atoms with Gasteiger partial charge in [-0.2, -0.15) is 5.10 Å².